The van der Waals surface area contributed by atoms with E-state index in [0.717, 1.165) is 5.69 Å². The lowest BCUT2D eigenvalue weighted by molar-refractivity contribution is 0.693. The van der Waals surface area contributed by atoms with Crippen molar-refractivity contribution in [1.29, 1.82) is 0 Å². The fraction of sp³-hybridized carbons (Fsp3) is 0.0357. The molecule has 0 radical (unpaired) electrons. The Labute approximate surface area is 336 Å². The van der Waals surface area contributed by atoms with E-state index in [9.17, 15) is 0 Å². The molecular formula is C56H36N2. The molecule has 3 aliphatic carbocycles. The minimum atomic E-state index is 0.311. The summed E-state index contributed by atoms with van der Waals surface area (Å²) in [5.41, 5.74) is 18.9. The molecule has 2 aromatic heterocycles. The zero-order valence-corrected chi connectivity index (χ0v) is 31.7. The summed E-state index contributed by atoms with van der Waals surface area (Å²) in [7, 11) is 0. The average Bonchev–Trinajstić information content (AvgIpc) is 3.93. The molecule has 270 valence electrons. The van der Waals surface area contributed by atoms with Crippen molar-refractivity contribution in [1.82, 2.24) is 9.13 Å². The summed E-state index contributed by atoms with van der Waals surface area (Å²) in [6.07, 6.45) is 13.8. The topological polar surface area (TPSA) is 9.86 Å². The van der Waals surface area contributed by atoms with Crippen LogP contribution in [0.1, 0.15) is 17.2 Å². The van der Waals surface area contributed by atoms with Crippen LogP contribution in [0.3, 0.4) is 0 Å². The van der Waals surface area contributed by atoms with Crippen LogP contribution in [-0.2, 0) is 0 Å². The highest BCUT2D eigenvalue weighted by Crippen LogP contribution is 2.49. The van der Waals surface area contributed by atoms with Crippen molar-refractivity contribution in [3.8, 4) is 55.9 Å². The van der Waals surface area contributed by atoms with E-state index in [2.05, 4.69) is 215 Å². The Kier molecular flexibility index (Phi) is 6.59. The molecular weight excluding hydrogens is 701 g/mol. The lowest BCUT2D eigenvalue weighted by Gasteiger charge is -2.26. The van der Waals surface area contributed by atoms with Gasteiger partial charge in [0.15, 0.2) is 0 Å². The number of allylic oxidation sites excluding steroid dienone is 5. The molecule has 0 saturated carbocycles. The van der Waals surface area contributed by atoms with Gasteiger partial charge in [0.05, 0.1) is 22.2 Å². The number of aromatic nitrogens is 2. The molecule has 0 amide bonds. The van der Waals surface area contributed by atoms with Crippen molar-refractivity contribution in [2.75, 3.05) is 0 Å². The summed E-state index contributed by atoms with van der Waals surface area (Å²) in [4.78, 5) is 0. The molecule has 0 bridgehead atoms. The van der Waals surface area contributed by atoms with Crippen LogP contribution in [0, 0.1) is 5.92 Å². The molecule has 0 aliphatic heterocycles. The fourth-order valence-electron chi connectivity index (χ4n) is 10.4. The minimum Gasteiger partial charge on any atom is -0.310 e. The molecule has 2 atom stereocenters. The Morgan fingerprint density at radius 1 is 0.379 bits per heavy atom. The van der Waals surface area contributed by atoms with Crippen LogP contribution in [0.15, 0.2) is 200 Å². The van der Waals surface area contributed by atoms with Gasteiger partial charge in [0.2, 0.25) is 0 Å². The maximum atomic E-state index is 2.45. The van der Waals surface area contributed by atoms with E-state index in [-0.39, 0.29) is 0 Å². The van der Waals surface area contributed by atoms with Crippen LogP contribution in [0.4, 0.5) is 0 Å². The largest absolute Gasteiger partial charge is 0.310 e. The second-order valence-electron chi connectivity index (χ2n) is 16.0. The number of fused-ring (bicyclic) bond motifs is 11. The highest BCUT2D eigenvalue weighted by molar-refractivity contribution is 6.16. The predicted octanol–water partition coefficient (Wildman–Crippen LogP) is 14.7. The van der Waals surface area contributed by atoms with Gasteiger partial charge in [-0.15, -0.1) is 0 Å². The van der Waals surface area contributed by atoms with Crippen LogP contribution in [0.2, 0.25) is 0 Å². The molecule has 13 rings (SSSR count). The predicted molar refractivity (Wildman–Crippen MR) is 244 cm³/mol. The molecule has 3 aliphatic rings. The van der Waals surface area contributed by atoms with Gasteiger partial charge in [-0.25, -0.2) is 0 Å². The second-order valence-corrected chi connectivity index (χ2v) is 16.0. The normalized spacial score (nSPS) is 16.1. The molecule has 2 unspecified atom stereocenters. The number of benzene rings is 8. The molecule has 0 saturated heterocycles. The van der Waals surface area contributed by atoms with Gasteiger partial charge >= 0.3 is 0 Å². The van der Waals surface area contributed by atoms with E-state index in [1.165, 1.54) is 105 Å². The molecule has 0 N–H and O–H groups in total. The number of nitrogens with zero attached hydrogens (tertiary/aromatic N) is 2. The van der Waals surface area contributed by atoms with Crippen molar-refractivity contribution in [2.45, 2.75) is 5.92 Å². The van der Waals surface area contributed by atoms with E-state index >= 15 is 0 Å². The Morgan fingerprint density at radius 3 is 1.93 bits per heavy atom. The maximum Gasteiger partial charge on any atom is 0.0541 e. The third-order valence-electron chi connectivity index (χ3n) is 13.0. The fourth-order valence-corrected chi connectivity index (χ4v) is 10.4. The number of hydrogen-bond acceptors (Lipinski definition) is 0. The SMILES string of the molecule is C1=CC2C=Cc3c(c4cc(-c5ccc6c(c5)c5ccccc5n6-c5cccc(-c6cc7c8c(cccc8c6)-c6ccccc6-7)c5)ccc4n3-c3ccccc3)C2C=C1. The second kappa shape index (κ2) is 12.0. The molecule has 2 nitrogen and oxygen atoms in total. The Balaban J connectivity index is 0.957. The number of hydrogen-bond donors (Lipinski definition) is 0. The van der Waals surface area contributed by atoms with Gasteiger partial charge < -0.3 is 9.13 Å². The zero-order chi connectivity index (χ0) is 37.9. The van der Waals surface area contributed by atoms with E-state index in [1.54, 1.807) is 0 Å². The van der Waals surface area contributed by atoms with Crippen LogP contribution in [-0.4, -0.2) is 9.13 Å². The first kappa shape index (κ1) is 31.7. The van der Waals surface area contributed by atoms with Crippen LogP contribution < -0.4 is 0 Å². The zero-order valence-electron chi connectivity index (χ0n) is 31.7. The quantitative estimate of drug-likeness (QED) is 0.170. The van der Waals surface area contributed by atoms with Crippen molar-refractivity contribution >= 4 is 49.6 Å². The maximum absolute atomic E-state index is 2.45. The summed E-state index contributed by atoms with van der Waals surface area (Å²) in [5, 5.41) is 6.48. The summed E-state index contributed by atoms with van der Waals surface area (Å²) in [5.74, 6) is 0.678. The van der Waals surface area contributed by atoms with Crippen molar-refractivity contribution in [3.05, 3.63) is 211 Å². The average molecular weight is 737 g/mol. The highest BCUT2D eigenvalue weighted by atomic mass is 15.0. The van der Waals surface area contributed by atoms with E-state index < -0.39 is 0 Å². The van der Waals surface area contributed by atoms with Gasteiger partial charge in [-0.3, -0.25) is 0 Å². The number of rotatable bonds is 4. The van der Waals surface area contributed by atoms with E-state index in [1.807, 2.05) is 0 Å². The standard InChI is InChI=1S/C56H36N2/c1-2-15-41(16-3-1)57-53-28-26-38(33-50(53)56-43-18-5-4-12-35(43)24-29-54(56)57)37-25-27-52-48(32-37)46-21-8-9-23-51(46)58(52)42-17-10-13-36(31-42)40-30-39-14-11-22-47-44-19-6-7-20-45(44)49(34-40)55(39)47/h1-35,43H. The van der Waals surface area contributed by atoms with E-state index in [0.29, 0.717) is 11.8 Å². The van der Waals surface area contributed by atoms with Crippen molar-refractivity contribution < 1.29 is 0 Å². The first-order valence-corrected chi connectivity index (χ1v) is 20.3. The van der Waals surface area contributed by atoms with Crippen molar-refractivity contribution in [3.63, 3.8) is 0 Å². The van der Waals surface area contributed by atoms with Crippen LogP contribution in [0.5, 0.6) is 0 Å². The van der Waals surface area contributed by atoms with Gasteiger partial charge in [0.25, 0.3) is 0 Å². The molecule has 8 aromatic carbocycles. The Bertz CT molecular complexity index is 3460. The Morgan fingerprint density at radius 2 is 1.05 bits per heavy atom. The first-order valence-electron chi connectivity index (χ1n) is 20.3. The highest BCUT2D eigenvalue weighted by Gasteiger charge is 2.30. The third kappa shape index (κ3) is 4.49. The smallest absolute Gasteiger partial charge is 0.0541 e. The summed E-state index contributed by atoms with van der Waals surface area (Å²) in [6, 6.07) is 63.2. The summed E-state index contributed by atoms with van der Waals surface area (Å²) in [6.45, 7) is 0. The van der Waals surface area contributed by atoms with Gasteiger partial charge in [-0.1, -0.05) is 134 Å². The van der Waals surface area contributed by atoms with Crippen LogP contribution in [0.25, 0.3) is 105 Å². The Hall–Kier alpha value is -7.42. The monoisotopic (exact) mass is 736 g/mol. The third-order valence-corrected chi connectivity index (χ3v) is 13.0. The molecule has 2 heterocycles. The van der Waals surface area contributed by atoms with Gasteiger partial charge in [-0.05, 0) is 134 Å². The number of para-hydroxylation sites is 2. The first-order chi connectivity index (χ1) is 28.8. The lowest BCUT2D eigenvalue weighted by Crippen LogP contribution is -2.13. The van der Waals surface area contributed by atoms with Crippen LogP contribution >= 0.6 is 0 Å². The molecule has 0 fully saturated rings. The minimum absolute atomic E-state index is 0.311. The van der Waals surface area contributed by atoms with Gasteiger partial charge in [-0.2, -0.15) is 0 Å². The molecule has 0 spiro atoms. The summed E-state index contributed by atoms with van der Waals surface area (Å²) >= 11 is 0. The van der Waals surface area contributed by atoms with Crippen molar-refractivity contribution in [2.24, 2.45) is 5.92 Å². The lowest BCUT2D eigenvalue weighted by atomic mass is 9.78. The molecule has 58 heavy (non-hydrogen) atoms. The van der Waals surface area contributed by atoms with E-state index in [4.69, 9.17) is 0 Å². The van der Waals surface area contributed by atoms with Gasteiger partial charge in [0.1, 0.15) is 0 Å². The van der Waals surface area contributed by atoms with Gasteiger partial charge in [0, 0.05) is 39.4 Å². The molecule has 2 heteroatoms. The summed E-state index contributed by atoms with van der Waals surface area (Å²) < 4.78 is 4.89. The molecule has 10 aromatic rings.